The van der Waals surface area contributed by atoms with Crippen molar-refractivity contribution in [3.8, 4) is 0 Å². The van der Waals surface area contributed by atoms with Crippen LogP contribution < -0.4 is 0 Å². The topological polar surface area (TPSA) is 52.6 Å². The van der Waals surface area contributed by atoms with Crippen LogP contribution in [0.5, 0.6) is 0 Å². The zero-order valence-electron chi connectivity index (χ0n) is 8.31. The molecule has 0 aliphatic heterocycles. The number of ether oxygens (including phenoxy) is 2. The minimum Gasteiger partial charge on any atom is -0.465 e. The molecule has 0 saturated carbocycles. The van der Waals surface area contributed by atoms with Crippen LogP contribution in [0.15, 0.2) is 23.1 Å². The standard InChI is InChI=1S/C10H10O4S/c1-13-9(11)6-3-4-7(8(15)5-6)10(12)14-2/h3-5,15H,1-2H3. The summed E-state index contributed by atoms with van der Waals surface area (Å²) in [4.78, 5) is 22.7. The third kappa shape index (κ3) is 2.50. The molecule has 0 radical (unpaired) electrons. The molecule has 0 spiro atoms. The first-order chi connectivity index (χ1) is 7.10. The number of methoxy groups -OCH3 is 2. The Morgan fingerprint density at radius 2 is 1.73 bits per heavy atom. The largest absolute Gasteiger partial charge is 0.465 e. The quantitative estimate of drug-likeness (QED) is 0.614. The second-order valence-electron chi connectivity index (χ2n) is 2.72. The highest BCUT2D eigenvalue weighted by molar-refractivity contribution is 7.80. The molecule has 0 unspecified atom stereocenters. The average Bonchev–Trinajstić information content (AvgIpc) is 2.26. The van der Waals surface area contributed by atoms with Crippen LogP contribution in [-0.4, -0.2) is 26.2 Å². The lowest BCUT2D eigenvalue weighted by Gasteiger charge is -2.04. The van der Waals surface area contributed by atoms with E-state index in [1.807, 2.05) is 0 Å². The van der Waals surface area contributed by atoms with Crippen LogP contribution in [0.1, 0.15) is 20.7 Å². The van der Waals surface area contributed by atoms with Crippen molar-refractivity contribution in [3.05, 3.63) is 29.3 Å². The van der Waals surface area contributed by atoms with Crippen molar-refractivity contribution < 1.29 is 19.1 Å². The number of carbonyl (C=O) groups is 2. The van der Waals surface area contributed by atoms with Crippen molar-refractivity contribution in [2.24, 2.45) is 0 Å². The van der Waals surface area contributed by atoms with Crippen LogP contribution in [0.3, 0.4) is 0 Å². The Morgan fingerprint density at radius 3 is 2.20 bits per heavy atom. The Labute approximate surface area is 92.6 Å². The van der Waals surface area contributed by atoms with Crippen LogP contribution in [-0.2, 0) is 9.47 Å². The van der Waals surface area contributed by atoms with Gasteiger partial charge < -0.3 is 9.47 Å². The van der Waals surface area contributed by atoms with Crippen molar-refractivity contribution in [2.75, 3.05) is 14.2 Å². The van der Waals surface area contributed by atoms with E-state index in [2.05, 4.69) is 22.1 Å². The van der Waals surface area contributed by atoms with Crippen LogP contribution in [0.25, 0.3) is 0 Å². The maximum atomic E-state index is 11.2. The first-order valence-electron chi connectivity index (χ1n) is 4.09. The van der Waals surface area contributed by atoms with Gasteiger partial charge in [0.1, 0.15) is 0 Å². The van der Waals surface area contributed by atoms with E-state index in [0.29, 0.717) is 16.0 Å². The van der Waals surface area contributed by atoms with Crippen LogP contribution in [0, 0.1) is 0 Å². The molecule has 15 heavy (non-hydrogen) atoms. The molecule has 0 fully saturated rings. The molecule has 1 rings (SSSR count). The summed E-state index contributed by atoms with van der Waals surface area (Å²) in [7, 11) is 2.57. The smallest absolute Gasteiger partial charge is 0.338 e. The second kappa shape index (κ2) is 4.84. The number of esters is 2. The molecule has 1 aromatic rings. The van der Waals surface area contributed by atoms with Gasteiger partial charge in [0.05, 0.1) is 25.3 Å². The van der Waals surface area contributed by atoms with Gasteiger partial charge in [0.15, 0.2) is 0 Å². The Morgan fingerprint density at radius 1 is 1.13 bits per heavy atom. The molecule has 0 aromatic heterocycles. The molecular weight excluding hydrogens is 216 g/mol. The minimum absolute atomic E-state index is 0.313. The fourth-order valence-corrected chi connectivity index (χ4v) is 1.36. The zero-order chi connectivity index (χ0) is 11.4. The van der Waals surface area contributed by atoms with Gasteiger partial charge in [-0.25, -0.2) is 9.59 Å². The van der Waals surface area contributed by atoms with E-state index in [-0.39, 0.29) is 0 Å². The summed E-state index contributed by atoms with van der Waals surface area (Å²) in [6.45, 7) is 0. The van der Waals surface area contributed by atoms with Crippen LogP contribution >= 0.6 is 12.6 Å². The molecule has 0 amide bonds. The van der Waals surface area contributed by atoms with Gasteiger partial charge in [-0.15, -0.1) is 12.6 Å². The van der Waals surface area contributed by atoms with E-state index in [4.69, 9.17) is 0 Å². The molecule has 5 heteroatoms. The maximum absolute atomic E-state index is 11.2. The highest BCUT2D eigenvalue weighted by Gasteiger charge is 2.12. The number of hydrogen-bond acceptors (Lipinski definition) is 5. The molecule has 4 nitrogen and oxygen atoms in total. The summed E-state index contributed by atoms with van der Waals surface area (Å²) >= 11 is 4.09. The van der Waals surface area contributed by atoms with Gasteiger partial charge in [-0.2, -0.15) is 0 Å². The average molecular weight is 226 g/mol. The Hall–Kier alpha value is -1.49. The number of rotatable bonds is 2. The molecule has 0 heterocycles. The van der Waals surface area contributed by atoms with Gasteiger partial charge >= 0.3 is 11.9 Å². The molecule has 80 valence electrons. The van der Waals surface area contributed by atoms with Crippen molar-refractivity contribution in [1.29, 1.82) is 0 Å². The SMILES string of the molecule is COC(=O)c1ccc(C(=O)OC)c(S)c1. The third-order valence-electron chi connectivity index (χ3n) is 1.82. The van der Waals surface area contributed by atoms with Gasteiger partial charge in [0.25, 0.3) is 0 Å². The molecule has 0 bridgehead atoms. The van der Waals surface area contributed by atoms with E-state index >= 15 is 0 Å². The number of hydrogen-bond donors (Lipinski definition) is 1. The van der Waals surface area contributed by atoms with Gasteiger partial charge in [0, 0.05) is 4.90 Å². The first kappa shape index (κ1) is 11.6. The molecular formula is C10H10O4S. The Balaban J connectivity index is 3.08. The van der Waals surface area contributed by atoms with Crippen molar-refractivity contribution >= 4 is 24.6 Å². The van der Waals surface area contributed by atoms with Gasteiger partial charge in [-0.05, 0) is 18.2 Å². The maximum Gasteiger partial charge on any atom is 0.338 e. The van der Waals surface area contributed by atoms with Crippen molar-refractivity contribution in [3.63, 3.8) is 0 Å². The third-order valence-corrected chi connectivity index (χ3v) is 2.19. The highest BCUT2D eigenvalue weighted by Crippen LogP contribution is 2.17. The fraction of sp³-hybridized carbons (Fsp3) is 0.200. The molecule has 0 atom stereocenters. The van der Waals surface area contributed by atoms with Gasteiger partial charge in [-0.3, -0.25) is 0 Å². The van der Waals surface area contributed by atoms with Crippen molar-refractivity contribution in [1.82, 2.24) is 0 Å². The van der Waals surface area contributed by atoms with Gasteiger partial charge in [0.2, 0.25) is 0 Å². The summed E-state index contributed by atoms with van der Waals surface area (Å²) in [5.41, 5.74) is 0.656. The number of thiol groups is 1. The molecule has 0 N–H and O–H groups in total. The summed E-state index contributed by atoms with van der Waals surface area (Å²) in [6, 6.07) is 4.42. The molecule has 0 aliphatic carbocycles. The monoisotopic (exact) mass is 226 g/mol. The summed E-state index contributed by atoms with van der Waals surface area (Å²) in [5.74, 6) is -0.960. The predicted octanol–water partition coefficient (Wildman–Crippen LogP) is 1.55. The van der Waals surface area contributed by atoms with Crippen LogP contribution in [0.2, 0.25) is 0 Å². The lowest BCUT2D eigenvalue weighted by atomic mass is 10.1. The number of carbonyl (C=O) groups excluding carboxylic acids is 2. The van der Waals surface area contributed by atoms with E-state index in [1.54, 1.807) is 0 Å². The van der Waals surface area contributed by atoms with Gasteiger partial charge in [-0.1, -0.05) is 0 Å². The van der Waals surface area contributed by atoms with E-state index < -0.39 is 11.9 Å². The predicted molar refractivity (Wildman–Crippen MR) is 56.4 cm³/mol. The molecule has 0 saturated heterocycles. The van der Waals surface area contributed by atoms with E-state index in [1.165, 1.54) is 32.4 Å². The van der Waals surface area contributed by atoms with Crippen molar-refractivity contribution in [2.45, 2.75) is 4.90 Å². The Bertz CT molecular complexity index is 400. The second-order valence-corrected chi connectivity index (χ2v) is 3.20. The summed E-state index contributed by atoms with van der Waals surface area (Å²) < 4.78 is 9.07. The van der Waals surface area contributed by atoms with E-state index in [0.717, 1.165) is 0 Å². The molecule has 1 aromatic carbocycles. The number of benzene rings is 1. The van der Waals surface area contributed by atoms with Crippen LogP contribution in [0.4, 0.5) is 0 Å². The Kier molecular flexibility index (Phi) is 3.74. The van der Waals surface area contributed by atoms with E-state index in [9.17, 15) is 9.59 Å². The lowest BCUT2D eigenvalue weighted by Crippen LogP contribution is -2.06. The lowest BCUT2D eigenvalue weighted by molar-refractivity contribution is 0.0583. The fourth-order valence-electron chi connectivity index (χ4n) is 1.06. The first-order valence-corrected chi connectivity index (χ1v) is 4.54. The minimum atomic E-state index is -0.489. The zero-order valence-corrected chi connectivity index (χ0v) is 9.21. The normalized spacial score (nSPS) is 9.53. The summed E-state index contributed by atoms with van der Waals surface area (Å²) in [6.07, 6.45) is 0. The summed E-state index contributed by atoms with van der Waals surface area (Å²) in [5, 5.41) is 0. The molecule has 0 aliphatic rings. The highest BCUT2D eigenvalue weighted by atomic mass is 32.1.